The molecule has 0 radical (unpaired) electrons. The molecule has 132 valence electrons. The van der Waals surface area contributed by atoms with Crippen molar-refractivity contribution in [3.8, 4) is 0 Å². The van der Waals surface area contributed by atoms with E-state index < -0.39 is 5.97 Å². The minimum atomic E-state index is -0.999. The molecule has 1 N–H and O–H groups in total. The molecule has 0 aliphatic carbocycles. The average Bonchev–Trinajstić information content (AvgIpc) is 2.82. The fourth-order valence-corrected chi connectivity index (χ4v) is 2.70. The number of nitrogens with zero attached hydrogens (tertiary/aromatic N) is 3. The summed E-state index contributed by atoms with van der Waals surface area (Å²) in [5, 5.41) is 8.70. The molecule has 0 bridgehead atoms. The van der Waals surface area contributed by atoms with E-state index in [0.29, 0.717) is 5.57 Å². The number of anilines is 1. The van der Waals surface area contributed by atoms with Crippen LogP contribution >= 0.6 is 0 Å². The normalized spacial score (nSPS) is 16.7. The van der Waals surface area contributed by atoms with Crippen LogP contribution < -0.4 is 4.90 Å². The highest BCUT2D eigenvalue weighted by molar-refractivity contribution is 5.81. The minimum Gasteiger partial charge on any atom is -0.478 e. The van der Waals surface area contributed by atoms with Gasteiger partial charge in [-0.2, -0.15) is 0 Å². The van der Waals surface area contributed by atoms with Gasteiger partial charge in [0.1, 0.15) is 5.82 Å². The average molecular weight is 339 g/mol. The maximum atomic E-state index is 10.6. The van der Waals surface area contributed by atoms with Gasteiger partial charge in [-0.05, 0) is 49.9 Å². The fraction of sp³-hybridized carbons (Fsp3) is 0.300. The van der Waals surface area contributed by atoms with Crippen molar-refractivity contribution >= 4 is 17.4 Å². The molecule has 0 amide bonds. The summed E-state index contributed by atoms with van der Waals surface area (Å²) in [6.45, 7) is 11.8. The topological polar surface area (TPSA) is 56.7 Å². The lowest BCUT2D eigenvalue weighted by Crippen LogP contribution is -2.29. The summed E-state index contributed by atoms with van der Waals surface area (Å²) in [5.41, 5.74) is 2.20. The second kappa shape index (κ2) is 8.99. The first-order chi connectivity index (χ1) is 12.0. The number of carbonyl (C=O) groups is 1. The van der Waals surface area contributed by atoms with Gasteiger partial charge in [0.25, 0.3) is 0 Å². The van der Waals surface area contributed by atoms with Crippen molar-refractivity contribution in [2.75, 3.05) is 38.1 Å². The number of likely N-dealkylation sites (N-methyl/N-ethyl adjacent to an activating group) is 1. The van der Waals surface area contributed by atoms with Crippen molar-refractivity contribution in [3.63, 3.8) is 0 Å². The van der Waals surface area contributed by atoms with Crippen LogP contribution in [0.5, 0.6) is 0 Å². The summed E-state index contributed by atoms with van der Waals surface area (Å²) in [5.74, 6) is -0.0480. The van der Waals surface area contributed by atoms with Gasteiger partial charge < -0.3 is 14.9 Å². The number of carboxylic acids is 1. The lowest BCUT2D eigenvalue weighted by atomic mass is 10.1. The van der Waals surface area contributed by atoms with E-state index in [9.17, 15) is 4.79 Å². The van der Waals surface area contributed by atoms with Gasteiger partial charge in [0.05, 0.1) is 5.69 Å². The zero-order valence-electron chi connectivity index (χ0n) is 14.7. The maximum Gasteiger partial charge on any atom is 0.328 e. The first-order valence-corrected chi connectivity index (χ1v) is 8.34. The standard InChI is InChI=1S/C20H25N3O2/c1-4-17(15-16(2)9-10-20(24)25)18-7-5-8-19(21-18)23-12-6-11-22(3)13-14-23/h4-5,7-10,15H,1-2,6,11-14H2,3H3,(H,24,25)/b10-9+,17-15+. The summed E-state index contributed by atoms with van der Waals surface area (Å²) < 4.78 is 0. The lowest BCUT2D eigenvalue weighted by Gasteiger charge is -2.22. The molecule has 0 atom stereocenters. The third-order valence-corrected chi connectivity index (χ3v) is 4.07. The van der Waals surface area contributed by atoms with E-state index in [-0.39, 0.29) is 0 Å². The molecule has 0 unspecified atom stereocenters. The Bertz CT molecular complexity index is 707. The molecule has 5 nitrogen and oxygen atoms in total. The molecule has 25 heavy (non-hydrogen) atoms. The lowest BCUT2D eigenvalue weighted by molar-refractivity contribution is -0.131. The van der Waals surface area contributed by atoms with Gasteiger partial charge in [0.2, 0.25) is 0 Å². The molecule has 5 heteroatoms. The Labute approximate surface area is 149 Å². The van der Waals surface area contributed by atoms with E-state index in [1.54, 1.807) is 12.2 Å². The molecule has 0 saturated carbocycles. The van der Waals surface area contributed by atoms with Crippen LogP contribution in [0.25, 0.3) is 5.57 Å². The number of aliphatic carboxylic acids is 1. The minimum absolute atomic E-state index is 0.584. The maximum absolute atomic E-state index is 10.6. The summed E-state index contributed by atoms with van der Waals surface area (Å²) in [4.78, 5) is 20.0. The van der Waals surface area contributed by atoms with Gasteiger partial charge in [-0.1, -0.05) is 25.3 Å². The largest absolute Gasteiger partial charge is 0.478 e. The first-order valence-electron chi connectivity index (χ1n) is 8.34. The zero-order valence-corrected chi connectivity index (χ0v) is 14.7. The van der Waals surface area contributed by atoms with E-state index in [0.717, 1.165) is 55.8 Å². The Morgan fingerprint density at radius 3 is 2.76 bits per heavy atom. The third-order valence-electron chi connectivity index (χ3n) is 4.07. The zero-order chi connectivity index (χ0) is 18.2. The number of pyridine rings is 1. The Hall–Kier alpha value is -2.66. The number of rotatable bonds is 6. The van der Waals surface area contributed by atoms with Crippen molar-refractivity contribution in [2.45, 2.75) is 6.42 Å². The Kier molecular flexibility index (Phi) is 6.71. The van der Waals surface area contributed by atoms with E-state index in [1.165, 1.54) is 6.08 Å². The second-order valence-corrected chi connectivity index (χ2v) is 6.08. The smallest absolute Gasteiger partial charge is 0.328 e. The molecular weight excluding hydrogens is 314 g/mol. The van der Waals surface area contributed by atoms with Crippen molar-refractivity contribution in [1.82, 2.24) is 9.88 Å². The molecular formula is C20H25N3O2. The van der Waals surface area contributed by atoms with Gasteiger partial charge in [-0.15, -0.1) is 0 Å². The Morgan fingerprint density at radius 2 is 2.04 bits per heavy atom. The van der Waals surface area contributed by atoms with Crippen LogP contribution in [0, 0.1) is 0 Å². The fourth-order valence-electron chi connectivity index (χ4n) is 2.70. The van der Waals surface area contributed by atoms with Gasteiger partial charge in [-0.25, -0.2) is 9.78 Å². The summed E-state index contributed by atoms with van der Waals surface area (Å²) >= 11 is 0. The quantitative estimate of drug-likeness (QED) is 0.638. The predicted octanol–water partition coefficient (Wildman–Crippen LogP) is 2.99. The number of hydrogen-bond acceptors (Lipinski definition) is 4. The molecule has 0 aromatic carbocycles. The Balaban J connectivity index is 2.21. The van der Waals surface area contributed by atoms with Crippen LogP contribution in [0.4, 0.5) is 5.82 Å². The van der Waals surface area contributed by atoms with Crippen molar-refractivity contribution in [2.24, 2.45) is 0 Å². The van der Waals surface area contributed by atoms with Crippen LogP contribution in [-0.4, -0.2) is 54.2 Å². The Morgan fingerprint density at radius 1 is 1.24 bits per heavy atom. The predicted molar refractivity (Wildman–Crippen MR) is 103 cm³/mol. The second-order valence-electron chi connectivity index (χ2n) is 6.08. The van der Waals surface area contributed by atoms with Crippen LogP contribution in [0.1, 0.15) is 12.1 Å². The summed E-state index contributed by atoms with van der Waals surface area (Å²) in [7, 11) is 2.14. The van der Waals surface area contributed by atoms with Crippen LogP contribution in [-0.2, 0) is 4.79 Å². The first kappa shape index (κ1) is 18.7. The highest BCUT2D eigenvalue weighted by Gasteiger charge is 2.14. The summed E-state index contributed by atoms with van der Waals surface area (Å²) in [6, 6.07) is 5.93. The third kappa shape index (κ3) is 5.72. The molecule has 2 rings (SSSR count). The highest BCUT2D eigenvalue weighted by atomic mass is 16.4. The molecule has 2 heterocycles. The molecule has 1 fully saturated rings. The van der Waals surface area contributed by atoms with E-state index in [1.807, 2.05) is 18.2 Å². The van der Waals surface area contributed by atoms with Crippen molar-refractivity contribution in [3.05, 3.63) is 66.9 Å². The van der Waals surface area contributed by atoms with Crippen molar-refractivity contribution < 1.29 is 9.90 Å². The molecule has 1 aliphatic rings. The molecule has 1 aromatic heterocycles. The van der Waals surface area contributed by atoms with E-state index in [4.69, 9.17) is 10.1 Å². The van der Waals surface area contributed by atoms with Crippen LogP contribution in [0.3, 0.4) is 0 Å². The monoisotopic (exact) mass is 339 g/mol. The van der Waals surface area contributed by atoms with Gasteiger partial charge in [-0.3, -0.25) is 0 Å². The van der Waals surface area contributed by atoms with Crippen LogP contribution in [0.2, 0.25) is 0 Å². The summed E-state index contributed by atoms with van der Waals surface area (Å²) in [6.07, 6.45) is 7.14. The van der Waals surface area contributed by atoms with Gasteiger partial charge in [0, 0.05) is 31.3 Å². The van der Waals surface area contributed by atoms with Gasteiger partial charge >= 0.3 is 5.97 Å². The molecule has 1 saturated heterocycles. The molecule has 1 aliphatic heterocycles. The number of hydrogen-bond donors (Lipinski definition) is 1. The van der Waals surface area contributed by atoms with Gasteiger partial charge in [0.15, 0.2) is 0 Å². The molecule has 1 aromatic rings. The SMILES string of the molecule is C=C/C(=C\C(=C)/C=C/C(=O)O)c1cccc(N2CCCN(C)CC2)n1. The highest BCUT2D eigenvalue weighted by Crippen LogP contribution is 2.20. The van der Waals surface area contributed by atoms with Crippen molar-refractivity contribution in [1.29, 1.82) is 0 Å². The number of aromatic nitrogens is 1. The van der Waals surface area contributed by atoms with E-state index >= 15 is 0 Å². The van der Waals surface area contributed by atoms with E-state index in [2.05, 4.69) is 30.0 Å². The van der Waals surface area contributed by atoms with Crippen LogP contribution in [0.15, 0.2) is 61.2 Å². The number of carboxylic acid groups (broad SMARTS) is 1. The number of allylic oxidation sites excluding steroid dienone is 5. The molecule has 0 spiro atoms.